The molecule has 1 saturated heterocycles. The van der Waals surface area contributed by atoms with Crippen LogP contribution in [0.5, 0.6) is 11.5 Å². The first-order chi connectivity index (χ1) is 10.5. The van der Waals surface area contributed by atoms with Crippen LogP contribution in [0.4, 0.5) is 0 Å². The van der Waals surface area contributed by atoms with Crippen molar-refractivity contribution in [2.75, 3.05) is 13.2 Å². The molecule has 2 rings (SSSR count). The summed E-state index contributed by atoms with van der Waals surface area (Å²) in [4.78, 5) is 0. The summed E-state index contributed by atoms with van der Waals surface area (Å²) in [6.45, 7) is -0.113. The number of nitrogens with two attached hydrogens (primary N) is 1. The number of hydrogen-bond donors (Lipinski definition) is 6. The lowest BCUT2D eigenvalue weighted by molar-refractivity contribution is -0.277. The van der Waals surface area contributed by atoms with E-state index in [1.54, 1.807) is 6.07 Å². The molecular weight excluding hydrogens is 294 g/mol. The molecule has 1 aromatic rings. The normalized spacial score (nSPS) is 32.0. The minimum atomic E-state index is -1.53. The molecule has 1 aliphatic heterocycles. The zero-order valence-corrected chi connectivity index (χ0v) is 11.9. The SMILES string of the molecule is NCCc1ccc(O[C@@H]2O[C@H](CO)[C@@H](O)[C@H](O)[C@H]2O)c(O)c1. The third-order valence-corrected chi connectivity index (χ3v) is 3.55. The molecule has 22 heavy (non-hydrogen) atoms. The molecule has 0 aromatic heterocycles. The van der Waals surface area contributed by atoms with Crippen LogP contribution in [0.25, 0.3) is 0 Å². The van der Waals surface area contributed by atoms with Gasteiger partial charge in [0.1, 0.15) is 24.4 Å². The number of aliphatic hydroxyl groups is 4. The molecule has 8 heteroatoms. The Labute approximate surface area is 127 Å². The topological polar surface area (TPSA) is 146 Å². The fraction of sp³-hybridized carbons (Fsp3) is 0.571. The lowest BCUT2D eigenvalue weighted by Crippen LogP contribution is -2.60. The first-order valence-electron chi connectivity index (χ1n) is 6.97. The van der Waals surface area contributed by atoms with Crippen LogP contribution in [-0.2, 0) is 11.2 Å². The van der Waals surface area contributed by atoms with Gasteiger partial charge < -0.3 is 40.7 Å². The van der Waals surface area contributed by atoms with Gasteiger partial charge in [0, 0.05) is 0 Å². The molecule has 0 amide bonds. The molecule has 1 aromatic carbocycles. The first-order valence-corrected chi connectivity index (χ1v) is 6.97. The van der Waals surface area contributed by atoms with Crippen molar-refractivity contribution >= 4 is 0 Å². The summed E-state index contributed by atoms with van der Waals surface area (Å²) in [6, 6.07) is 4.67. The van der Waals surface area contributed by atoms with Gasteiger partial charge in [-0.3, -0.25) is 0 Å². The second-order valence-corrected chi connectivity index (χ2v) is 5.16. The predicted molar refractivity (Wildman–Crippen MR) is 75.3 cm³/mol. The minimum absolute atomic E-state index is 0.0464. The quantitative estimate of drug-likeness (QED) is 0.368. The van der Waals surface area contributed by atoms with Crippen molar-refractivity contribution in [3.63, 3.8) is 0 Å². The number of aromatic hydroxyl groups is 1. The molecule has 5 atom stereocenters. The van der Waals surface area contributed by atoms with Crippen molar-refractivity contribution < 1.29 is 35.0 Å². The monoisotopic (exact) mass is 315 g/mol. The van der Waals surface area contributed by atoms with E-state index in [0.29, 0.717) is 13.0 Å². The van der Waals surface area contributed by atoms with Crippen molar-refractivity contribution in [1.29, 1.82) is 0 Å². The first kappa shape index (κ1) is 16.9. The highest BCUT2D eigenvalue weighted by Crippen LogP contribution is 2.31. The van der Waals surface area contributed by atoms with Gasteiger partial charge in [-0.2, -0.15) is 0 Å². The second kappa shape index (κ2) is 7.23. The summed E-state index contributed by atoms with van der Waals surface area (Å²) < 4.78 is 10.6. The van der Waals surface area contributed by atoms with Crippen LogP contribution in [0.2, 0.25) is 0 Å². The van der Waals surface area contributed by atoms with Crippen LogP contribution in [0.15, 0.2) is 18.2 Å². The molecule has 1 aliphatic rings. The lowest BCUT2D eigenvalue weighted by Gasteiger charge is -2.39. The van der Waals surface area contributed by atoms with E-state index in [1.165, 1.54) is 12.1 Å². The zero-order valence-electron chi connectivity index (χ0n) is 11.9. The van der Waals surface area contributed by atoms with Crippen LogP contribution >= 0.6 is 0 Å². The minimum Gasteiger partial charge on any atom is -0.504 e. The van der Waals surface area contributed by atoms with Crippen molar-refractivity contribution in [3.8, 4) is 11.5 Å². The fourth-order valence-electron chi connectivity index (χ4n) is 2.27. The van der Waals surface area contributed by atoms with E-state index in [9.17, 15) is 20.4 Å². The van der Waals surface area contributed by atoms with Gasteiger partial charge in [0.2, 0.25) is 6.29 Å². The van der Waals surface area contributed by atoms with E-state index in [1.807, 2.05) is 0 Å². The van der Waals surface area contributed by atoms with E-state index in [4.69, 9.17) is 20.3 Å². The summed E-state index contributed by atoms with van der Waals surface area (Å²) in [6.07, 6.45) is -6.33. The summed E-state index contributed by atoms with van der Waals surface area (Å²) in [5.41, 5.74) is 6.25. The molecule has 1 fully saturated rings. The van der Waals surface area contributed by atoms with Crippen LogP contribution in [0.1, 0.15) is 5.56 Å². The summed E-state index contributed by atoms with van der Waals surface area (Å²) in [5.74, 6) is -0.118. The Balaban J connectivity index is 2.12. The third kappa shape index (κ3) is 3.49. The van der Waals surface area contributed by atoms with Crippen molar-refractivity contribution in [3.05, 3.63) is 23.8 Å². The van der Waals surface area contributed by atoms with E-state index < -0.39 is 37.3 Å². The Hall–Kier alpha value is -1.42. The van der Waals surface area contributed by atoms with Crippen LogP contribution in [0.3, 0.4) is 0 Å². The average molecular weight is 315 g/mol. The third-order valence-electron chi connectivity index (χ3n) is 3.55. The fourth-order valence-corrected chi connectivity index (χ4v) is 2.27. The maximum absolute atomic E-state index is 9.91. The van der Waals surface area contributed by atoms with Gasteiger partial charge >= 0.3 is 0 Å². The van der Waals surface area contributed by atoms with Crippen LogP contribution < -0.4 is 10.5 Å². The van der Waals surface area contributed by atoms with Crippen molar-refractivity contribution in [2.45, 2.75) is 37.1 Å². The molecule has 0 aliphatic carbocycles. The van der Waals surface area contributed by atoms with Gasteiger partial charge in [-0.25, -0.2) is 0 Å². The maximum Gasteiger partial charge on any atom is 0.229 e. The van der Waals surface area contributed by atoms with Gasteiger partial charge in [-0.05, 0) is 30.7 Å². The Kier molecular flexibility index (Phi) is 5.57. The number of ether oxygens (including phenoxy) is 2. The summed E-state index contributed by atoms with van der Waals surface area (Å²) in [7, 11) is 0. The molecule has 7 N–H and O–H groups in total. The Bertz CT molecular complexity index is 496. The molecule has 0 bridgehead atoms. The Morgan fingerprint density at radius 3 is 2.45 bits per heavy atom. The summed E-state index contributed by atoms with van der Waals surface area (Å²) >= 11 is 0. The van der Waals surface area contributed by atoms with E-state index >= 15 is 0 Å². The van der Waals surface area contributed by atoms with Crippen molar-refractivity contribution in [1.82, 2.24) is 0 Å². The molecule has 0 saturated carbocycles. The number of phenols is 1. The zero-order chi connectivity index (χ0) is 16.3. The largest absolute Gasteiger partial charge is 0.504 e. The second-order valence-electron chi connectivity index (χ2n) is 5.16. The van der Waals surface area contributed by atoms with Gasteiger partial charge in [0.15, 0.2) is 11.5 Å². The number of hydrogen-bond acceptors (Lipinski definition) is 8. The van der Waals surface area contributed by atoms with Gasteiger partial charge in [0.25, 0.3) is 0 Å². The average Bonchev–Trinajstić information content (AvgIpc) is 2.50. The molecule has 0 spiro atoms. The highest BCUT2D eigenvalue weighted by molar-refractivity contribution is 5.42. The van der Waals surface area contributed by atoms with E-state index in [0.717, 1.165) is 5.56 Å². The van der Waals surface area contributed by atoms with Crippen LogP contribution in [-0.4, -0.2) is 69.4 Å². The highest BCUT2D eigenvalue weighted by atomic mass is 16.7. The lowest BCUT2D eigenvalue weighted by atomic mass is 9.99. The molecule has 1 heterocycles. The molecular formula is C14H21NO7. The molecule has 124 valence electrons. The van der Waals surface area contributed by atoms with Crippen LogP contribution in [0, 0.1) is 0 Å². The smallest absolute Gasteiger partial charge is 0.229 e. The van der Waals surface area contributed by atoms with Crippen molar-refractivity contribution in [2.24, 2.45) is 5.73 Å². The number of aliphatic hydroxyl groups excluding tert-OH is 4. The Morgan fingerprint density at radius 1 is 1.14 bits per heavy atom. The molecule has 8 nitrogen and oxygen atoms in total. The van der Waals surface area contributed by atoms with Gasteiger partial charge in [-0.15, -0.1) is 0 Å². The van der Waals surface area contributed by atoms with Gasteiger partial charge in [0.05, 0.1) is 6.61 Å². The van der Waals surface area contributed by atoms with E-state index in [2.05, 4.69) is 0 Å². The summed E-state index contributed by atoms with van der Waals surface area (Å²) in [5, 5.41) is 48.3. The number of benzene rings is 1. The van der Waals surface area contributed by atoms with E-state index in [-0.39, 0.29) is 11.5 Å². The van der Waals surface area contributed by atoms with Gasteiger partial charge in [-0.1, -0.05) is 6.07 Å². The molecule has 0 radical (unpaired) electrons. The highest BCUT2D eigenvalue weighted by Gasteiger charge is 2.44. The maximum atomic E-state index is 9.91. The number of phenolic OH excluding ortho intramolecular Hbond substituents is 1. The molecule has 0 unspecified atom stereocenters. The standard InChI is InChI=1S/C14H21NO7/c15-4-3-7-1-2-9(8(17)5-7)21-14-13(20)12(19)11(18)10(6-16)22-14/h1-2,5,10-14,16-20H,3-4,6,15H2/t10-,11-,12+,13-,14-/m1/s1. The predicted octanol–water partition coefficient (Wildman–Crippen LogP) is -1.93. The number of rotatable bonds is 5. The Morgan fingerprint density at radius 2 is 1.86 bits per heavy atom.